The number of hydrogen-bond donors (Lipinski definition) is 1. The molecule has 1 aromatic carbocycles. The van der Waals surface area contributed by atoms with E-state index in [0.717, 1.165) is 0 Å². The molecule has 2 aromatic rings. The van der Waals surface area contributed by atoms with Crippen molar-refractivity contribution in [1.29, 1.82) is 0 Å². The van der Waals surface area contributed by atoms with E-state index < -0.39 is 23.5 Å². The number of aromatic nitrogens is 1. The first-order chi connectivity index (χ1) is 12.0. The summed E-state index contributed by atoms with van der Waals surface area (Å²) in [7, 11) is 1.75. The van der Waals surface area contributed by atoms with E-state index in [2.05, 4.69) is 4.98 Å². The van der Waals surface area contributed by atoms with Crippen LogP contribution in [-0.4, -0.2) is 35.6 Å². The molecule has 2 fully saturated rings. The Kier molecular flexibility index (Phi) is 3.84. The van der Waals surface area contributed by atoms with E-state index >= 15 is 4.39 Å². The summed E-state index contributed by atoms with van der Waals surface area (Å²) in [6.07, 6.45) is 2.99. The van der Waals surface area contributed by atoms with Crippen LogP contribution in [0.5, 0.6) is 0 Å². The molecule has 4 nitrogen and oxygen atoms in total. The van der Waals surface area contributed by atoms with E-state index in [1.807, 2.05) is 48.7 Å². The normalized spacial score (nSPS) is 29.7. The Morgan fingerprint density at radius 3 is 2.52 bits per heavy atom. The van der Waals surface area contributed by atoms with E-state index in [4.69, 9.17) is 5.73 Å². The number of amides is 1. The molecule has 5 heteroatoms. The van der Waals surface area contributed by atoms with Crippen LogP contribution in [0.15, 0.2) is 48.7 Å². The number of carbonyl (C=O) groups excluding carboxylic acids is 1. The van der Waals surface area contributed by atoms with Crippen LogP contribution in [-0.2, 0) is 10.3 Å². The molecule has 130 valence electrons. The van der Waals surface area contributed by atoms with Crippen LogP contribution < -0.4 is 5.73 Å². The van der Waals surface area contributed by atoms with Crippen molar-refractivity contribution in [2.75, 3.05) is 13.6 Å². The summed E-state index contributed by atoms with van der Waals surface area (Å²) in [5.41, 5.74) is 7.12. The maximum atomic E-state index is 15.0. The molecule has 2 aliphatic rings. The third-order valence-electron chi connectivity index (χ3n) is 5.63. The standard InChI is InChI=1S/C20H22FN3O/c1-24-12-16(21)18(17-10-9-14(11-23-17)13-7-8-13)20(24,19(22)25)15-5-3-2-4-6-15/h2-6,9-11,13,16,18H,7-8,12H2,1H3,(H2,22,25)/t16?,18?,20-/m0/s1. The van der Waals surface area contributed by atoms with E-state index in [9.17, 15) is 4.79 Å². The molecule has 2 unspecified atom stereocenters. The third-order valence-corrected chi connectivity index (χ3v) is 5.63. The summed E-state index contributed by atoms with van der Waals surface area (Å²) in [6.45, 7) is 0.147. The van der Waals surface area contributed by atoms with Crippen molar-refractivity contribution < 1.29 is 9.18 Å². The van der Waals surface area contributed by atoms with Crippen LogP contribution in [0.3, 0.4) is 0 Å². The number of likely N-dealkylation sites (tertiary alicyclic amines) is 1. The second-order valence-electron chi connectivity index (χ2n) is 7.16. The van der Waals surface area contributed by atoms with Gasteiger partial charge in [0, 0.05) is 18.4 Å². The minimum Gasteiger partial charge on any atom is -0.368 e. The van der Waals surface area contributed by atoms with E-state index in [1.54, 1.807) is 11.9 Å². The van der Waals surface area contributed by atoms with Gasteiger partial charge >= 0.3 is 0 Å². The summed E-state index contributed by atoms with van der Waals surface area (Å²) in [6, 6.07) is 13.1. The van der Waals surface area contributed by atoms with Gasteiger partial charge in [0.05, 0.1) is 5.92 Å². The van der Waals surface area contributed by atoms with Gasteiger partial charge in [-0.05, 0) is 43.0 Å². The van der Waals surface area contributed by atoms with Gasteiger partial charge in [0.2, 0.25) is 5.91 Å². The first kappa shape index (κ1) is 16.2. The molecule has 0 bridgehead atoms. The van der Waals surface area contributed by atoms with Gasteiger partial charge in [0.15, 0.2) is 0 Å². The molecular weight excluding hydrogens is 317 g/mol. The molecule has 0 spiro atoms. The van der Waals surface area contributed by atoms with Gasteiger partial charge in [0.25, 0.3) is 0 Å². The van der Waals surface area contributed by atoms with Crippen molar-refractivity contribution >= 4 is 5.91 Å². The lowest BCUT2D eigenvalue weighted by molar-refractivity contribution is -0.129. The van der Waals surface area contributed by atoms with Crippen LogP contribution in [0, 0.1) is 0 Å². The van der Waals surface area contributed by atoms with Crippen molar-refractivity contribution in [3.63, 3.8) is 0 Å². The van der Waals surface area contributed by atoms with E-state index in [0.29, 0.717) is 17.2 Å². The Hall–Kier alpha value is -2.27. The number of nitrogens with two attached hydrogens (primary N) is 1. The fraction of sp³-hybridized carbons (Fsp3) is 0.400. The number of carbonyl (C=O) groups is 1. The van der Waals surface area contributed by atoms with Gasteiger partial charge in [-0.15, -0.1) is 0 Å². The largest absolute Gasteiger partial charge is 0.368 e. The highest BCUT2D eigenvalue weighted by molar-refractivity contribution is 5.88. The highest BCUT2D eigenvalue weighted by Crippen LogP contribution is 2.49. The number of halogens is 1. The topological polar surface area (TPSA) is 59.2 Å². The predicted octanol–water partition coefficient (Wildman–Crippen LogP) is 2.71. The zero-order valence-electron chi connectivity index (χ0n) is 14.2. The molecule has 1 amide bonds. The van der Waals surface area contributed by atoms with Crippen LogP contribution in [0.25, 0.3) is 0 Å². The molecule has 0 radical (unpaired) electrons. The highest BCUT2D eigenvalue weighted by Gasteiger charge is 2.59. The second-order valence-corrected chi connectivity index (χ2v) is 7.16. The average Bonchev–Trinajstić information content (AvgIpc) is 3.41. The molecule has 2 N–H and O–H groups in total. The molecular formula is C20H22FN3O. The Bertz CT molecular complexity index is 775. The lowest BCUT2D eigenvalue weighted by atomic mass is 9.75. The minimum absolute atomic E-state index is 0.147. The molecule has 3 atom stereocenters. The van der Waals surface area contributed by atoms with Gasteiger partial charge in [-0.2, -0.15) is 0 Å². The first-order valence-electron chi connectivity index (χ1n) is 8.71. The molecule has 1 saturated carbocycles. The van der Waals surface area contributed by atoms with Crippen molar-refractivity contribution in [2.24, 2.45) is 5.73 Å². The number of alkyl halides is 1. The SMILES string of the molecule is CN1CC(F)C(c2ccc(C3CC3)cn2)[C@]1(C(N)=O)c1ccccc1. The molecule has 1 aliphatic heterocycles. The molecule has 1 aromatic heterocycles. The lowest BCUT2D eigenvalue weighted by Crippen LogP contribution is -2.53. The molecule has 4 rings (SSSR count). The Labute approximate surface area is 146 Å². The number of primary amides is 1. The molecule has 1 aliphatic carbocycles. The number of nitrogens with zero attached hydrogens (tertiary/aromatic N) is 2. The summed E-state index contributed by atoms with van der Waals surface area (Å²) >= 11 is 0. The molecule has 2 heterocycles. The fourth-order valence-corrected chi connectivity index (χ4v) is 4.24. The van der Waals surface area contributed by atoms with Gasteiger partial charge < -0.3 is 5.73 Å². The molecule has 1 saturated heterocycles. The van der Waals surface area contributed by atoms with Gasteiger partial charge in [-0.3, -0.25) is 14.7 Å². The van der Waals surface area contributed by atoms with Crippen molar-refractivity contribution in [3.8, 4) is 0 Å². The van der Waals surface area contributed by atoms with Gasteiger partial charge in [0.1, 0.15) is 11.7 Å². The summed E-state index contributed by atoms with van der Waals surface area (Å²) in [5, 5.41) is 0. The van der Waals surface area contributed by atoms with Crippen molar-refractivity contribution in [1.82, 2.24) is 9.88 Å². The highest BCUT2D eigenvalue weighted by atomic mass is 19.1. The Morgan fingerprint density at radius 2 is 1.96 bits per heavy atom. The second kappa shape index (κ2) is 5.92. The quantitative estimate of drug-likeness (QED) is 0.932. The number of pyridine rings is 1. The number of likely N-dealkylation sites (N-methyl/N-ethyl adjacent to an activating group) is 1. The van der Waals surface area contributed by atoms with Crippen molar-refractivity contribution in [2.45, 2.75) is 36.4 Å². The first-order valence-corrected chi connectivity index (χ1v) is 8.71. The van der Waals surface area contributed by atoms with E-state index in [-0.39, 0.29) is 6.54 Å². The molecule has 25 heavy (non-hydrogen) atoms. The zero-order valence-corrected chi connectivity index (χ0v) is 14.2. The van der Waals surface area contributed by atoms with Gasteiger partial charge in [-0.1, -0.05) is 36.4 Å². The van der Waals surface area contributed by atoms with Crippen LogP contribution >= 0.6 is 0 Å². The van der Waals surface area contributed by atoms with Crippen LogP contribution in [0.1, 0.15) is 41.5 Å². The van der Waals surface area contributed by atoms with Crippen LogP contribution in [0.4, 0.5) is 4.39 Å². The van der Waals surface area contributed by atoms with Crippen molar-refractivity contribution in [3.05, 3.63) is 65.5 Å². The summed E-state index contributed by atoms with van der Waals surface area (Å²) in [4.78, 5) is 18.9. The predicted molar refractivity (Wildman–Crippen MR) is 93.8 cm³/mol. The number of rotatable bonds is 4. The van der Waals surface area contributed by atoms with Crippen LogP contribution in [0.2, 0.25) is 0 Å². The van der Waals surface area contributed by atoms with Gasteiger partial charge in [-0.25, -0.2) is 4.39 Å². The summed E-state index contributed by atoms with van der Waals surface area (Å²) < 4.78 is 15.0. The average molecular weight is 339 g/mol. The third kappa shape index (κ3) is 2.45. The minimum atomic E-state index is -1.23. The number of hydrogen-bond acceptors (Lipinski definition) is 3. The number of benzene rings is 1. The van der Waals surface area contributed by atoms with E-state index in [1.165, 1.54) is 18.4 Å². The fourth-order valence-electron chi connectivity index (χ4n) is 4.24. The zero-order chi connectivity index (χ0) is 17.6. The maximum absolute atomic E-state index is 15.0. The maximum Gasteiger partial charge on any atom is 0.243 e. The Balaban J connectivity index is 1.83. The smallest absolute Gasteiger partial charge is 0.243 e. The summed E-state index contributed by atoms with van der Waals surface area (Å²) in [5.74, 6) is -0.672. The monoisotopic (exact) mass is 339 g/mol. The lowest BCUT2D eigenvalue weighted by Gasteiger charge is -2.38. The Morgan fingerprint density at radius 1 is 1.24 bits per heavy atom.